The first-order valence-corrected chi connectivity index (χ1v) is 36.0. The van der Waals surface area contributed by atoms with E-state index in [-0.39, 0.29) is 79.7 Å². The number of carboxylic acids is 1. The van der Waals surface area contributed by atoms with Crippen LogP contribution in [0.5, 0.6) is 46.0 Å². The van der Waals surface area contributed by atoms with E-state index in [1.165, 1.54) is 77.2 Å². The molecule has 8 bridgehead atoms. The number of rotatable bonds is 22. The summed E-state index contributed by atoms with van der Waals surface area (Å²) in [4.78, 5) is 126. The fraction of sp³-hybridized carbons (Fsp3) is 0.423. The number of carbonyl (C=O) groups is 8. The second-order valence-electron chi connectivity index (χ2n) is 27.6. The molecule has 11 rings (SSSR count). The van der Waals surface area contributed by atoms with Crippen LogP contribution in [-0.4, -0.2) is 200 Å². The maximum absolute atomic E-state index is 15.4. The van der Waals surface area contributed by atoms with Crippen LogP contribution in [0.3, 0.4) is 0 Å². The highest BCUT2D eigenvalue weighted by Gasteiger charge is 2.52. The van der Waals surface area contributed by atoms with Gasteiger partial charge in [-0.15, -0.1) is 10.2 Å². The number of primary amides is 2. The standard InChI is InChI=1S/C71H82Cl2N12O24S/c1-25(2)14-39(77-7)64(98)81-52(66(100)78-38(61(75)95)22-47(74)89)54(90)30-9-12-42(36(72)16-30)105-44-18-32-19-45(58(44)109-69-59(108-48-23-71(6,76)60(94)28(5)104-48)57(93)56(92)46(107-69)24-110-70-83-63(97)27(4)84-85-70)106-43-13-10-31(17-37(43)73)55(91)53-67(101)80-51(68(102)103)35-20-33(86)21-41(88)49(35)34-15-29(8-11-40(34)87)50(65(99)82-53)79-62(96)26(32)3/h8-13,15-21,25-26,28,38-39,46,48,50-57,59-60,69,77,86-88,90-94H,14,22-24,76H2,1-7H3,(H2,74,89)(H2,75,95)(H,78,100)(H,79,96)(H,80,101)(H,81,98)(H,82,99)(H,102,103)(H,83,85,97)/t26-,28?,38+,39-,46?,48?,50-,51-,52-,53?,54-,55-,56?,57?,59?,60?,69?,71?/m1/s1. The van der Waals surface area contributed by atoms with Crippen molar-refractivity contribution in [3.63, 3.8) is 0 Å². The predicted molar refractivity (Wildman–Crippen MR) is 387 cm³/mol. The molecule has 0 spiro atoms. The number of ether oxygens (including phenoxy) is 6. The molecule has 7 amide bonds. The van der Waals surface area contributed by atoms with Gasteiger partial charge in [0.15, 0.2) is 35.1 Å². The van der Waals surface area contributed by atoms with Crippen molar-refractivity contribution in [2.75, 3.05) is 12.8 Å². The minimum Gasteiger partial charge on any atom is -0.508 e. The summed E-state index contributed by atoms with van der Waals surface area (Å²) in [5, 5.41) is 126. The van der Waals surface area contributed by atoms with E-state index in [0.29, 0.717) is 0 Å². The summed E-state index contributed by atoms with van der Waals surface area (Å²) in [5.41, 5.74) is 13.4. The number of hydrogen-bond acceptors (Lipinski definition) is 28. The molecule has 10 unspecified atom stereocenters. The van der Waals surface area contributed by atoms with Crippen molar-refractivity contribution in [1.82, 2.24) is 47.1 Å². The Labute approximate surface area is 640 Å². The molecule has 0 radical (unpaired) electrons. The molecule has 5 aromatic carbocycles. The number of H-pyrrole nitrogens is 1. The van der Waals surface area contributed by atoms with E-state index in [2.05, 4.69) is 47.1 Å². The predicted octanol–water partition coefficient (Wildman–Crippen LogP) is 1.11. The van der Waals surface area contributed by atoms with Crippen LogP contribution in [0.1, 0.15) is 118 Å². The minimum absolute atomic E-state index is 0.0291. The van der Waals surface area contributed by atoms with Gasteiger partial charge in [-0.25, -0.2) is 4.79 Å². The minimum atomic E-state index is -2.19. The number of phenols is 3. The van der Waals surface area contributed by atoms with Crippen molar-refractivity contribution in [1.29, 1.82) is 0 Å². The van der Waals surface area contributed by atoms with Crippen molar-refractivity contribution >= 4 is 82.3 Å². The lowest BCUT2D eigenvalue weighted by molar-refractivity contribution is -0.329. The number of benzene rings is 5. The highest BCUT2D eigenvalue weighted by Crippen LogP contribution is 2.50. The highest BCUT2D eigenvalue weighted by molar-refractivity contribution is 7.99. The van der Waals surface area contributed by atoms with E-state index in [9.17, 15) is 79.5 Å². The average Bonchev–Trinajstić information content (AvgIpc) is 0.768. The Hall–Kier alpha value is -10.0. The van der Waals surface area contributed by atoms with Crippen molar-refractivity contribution < 1.29 is 113 Å². The molecule has 36 nitrogen and oxygen atoms in total. The number of nitrogens with zero attached hydrogens (tertiary/aromatic N) is 2. The topological polar surface area (TPSA) is 583 Å². The first-order valence-electron chi connectivity index (χ1n) is 34.2. The van der Waals surface area contributed by atoms with Gasteiger partial charge in [0.05, 0.1) is 46.7 Å². The number of aromatic nitrogens is 3. The summed E-state index contributed by atoms with van der Waals surface area (Å²) >= 11 is 15.1. The molecule has 110 heavy (non-hydrogen) atoms. The number of nitrogens with one attached hydrogen (secondary N) is 7. The van der Waals surface area contributed by atoms with Gasteiger partial charge >= 0.3 is 5.97 Å². The Morgan fingerprint density at radius 1 is 0.782 bits per heavy atom. The Kier molecular flexibility index (Phi) is 25.6. The third-order valence-corrected chi connectivity index (χ3v) is 20.4. The number of hydrogen-bond donors (Lipinski definition) is 19. The molecular weight excluding hydrogens is 1510 g/mol. The Balaban J connectivity index is 1.16. The number of halogens is 2. The molecule has 0 aliphatic carbocycles. The van der Waals surface area contributed by atoms with Crippen LogP contribution < -0.4 is 68.9 Å². The van der Waals surface area contributed by atoms with Crippen LogP contribution in [0.2, 0.25) is 10.0 Å². The average molecular weight is 1590 g/mol. The zero-order valence-corrected chi connectivity index (χ0v) is 62.0. The lowest BCUT2D eigenvalue weighted by Gasteiger charge is -2.47. The fourth-order valence-electron chi connectivity index (χ4n) is 12.8. The Morgan fingerprint density at radius 2 is 1.50 bits per heavy atom. The summed E-state index contributed by atoms with van der Waals surface area (Å²) in [6.07, 6.45) is -17.8. The molecule has 1 aromatic heterocycles. The van der Waals surface area contributed by atoms with Crippen LogP contribution in [0.4, 0.5) is 0 Å². The fourth-order valence-corrected chi connectivity index (χ4v) is 14.1. The van der Waals surface area contributed by atoms with Gasteiger partial charge in [-0.2, -0.15) is 0 Å². The molecule has 22 N–H and O–H groups in total. The van der Waals surface area contributed by atoms with E-state index in [1.54, 1.807) is 0 Å². The summed E-state index contributed by atoms with van der Waals surface area (Å²) in [7, 11) is 1.49. The first kappa shape index (κ1) is 82.5. The van der Waals surface area contributed by atoms with E-state index < -0.39 is 219 Å². The number of likely N-dealkylation sites (N-methyl/N-ethyl adjacent to an activating group) is 1. The van der Waals surface area contributed by atoms with Crippen molar-refractivity contribution in [3.8, 4) is 57.1 Å². The maximum atomic E-state index is 15.4. The van der Waals surface area contributed by atoms with Crippen LogP contribution in [0.15, 0.2) is 88.8 Å². The number of aliphatic hydroxyl groups excluding tert-OH is 5. The molecule has 5 aliphatic rings. The van der Waals surface area contributed by atoms with Gasteiger partial charge in [-0.05, 0) is 124 Å². The number of carboxylic acid groups (broad SMARTS) is 1. The number of fused-ring (bicyclic) bond motifs is 8. The largest absolute Gasteiger partial charge is 0.508 e. The van der Waals surface area contributed by atoms with E-state index in [0.717, 1.165) is 48.2 Å². The summed E-state index contributed by atoms with van der Waals surface area (Å²) in [6, 6.07) is 3.53. The Bertz CT molecular complexity index is 4620. The second kappa shape index (κ2) is 34.1. The molecule has 18 atom stereocenters. The van der Waals surface area contributed by atoms with Crippen LogP contribution in [0, 0.1) is 12.8 Å². The number of aromatic hydroxyl groups is 3. The summed E-state index contributed by atoms with van der Waals surface area (Å²) in [6.45, 7) is 9.44. The molecule has 6 aromatic rings. The van der Waals surface area contributed by atoms with Gasteiger partial charge in [0.1, 0.15) is 83.0 Å². The summed E-state index contributed by atoms with van der Waals surface area (Å²) in [5.74, 6) is -15.9. The number of aromatic amines is 1. The van der Waals surface area contributed by atoms with E-state index in [1.807, 2.05) is 13.8 Å². The SMILES string of the molecule is CN[C@H](CC(C)C)C(=O)N[C@@H](C(=O)N[C@@H](CC(N)=O)C(N)=O)[C@H](O)c1ccc(Oc2cc3cc(c2OC2OC(CSc4nnc(C)c(=O)[nH]4)C(O)C(O)C2OC2CC(C)(N)C(O)C(C)O2)Oc2ccc(cc2Cl)[C@@H](O)C2NC(=O)[C@H](NC(=O)[C@@H]3C)c3ccc(O)c(c3)-c3c(O)cc(O)cc3[C@H](C(=O)O)NC2=O)c(Cl)c1. The number of aryl methyl sites for hydroxylation is 1. The molecule has 5 aliphatic heterocycles. The van der Waals surface area contributed by atoms with Crippen LogP contribution in [-0.2, 0) is 52.6 Å². The van der Waals surface area contributed by atoms with Crippen molar-refractivity contribution in [2.45, 2.75) is 175 Å². The van der Waals surface area contributed by atoms with E-state index >= 15 is 9.59 Å². The Morgan fingerprint density at radius 3 is 2.15 bits per heavy atom. The molecule has 2 fully saturated rings. The molecule has 39 heteroatoms. The van der Waals surface area contributed by atoms with Gasteiger partial charge in [0, 0.05) is 40.5 Å². The molecule has 6 heterocycles. The highest BCUT2D eigenvalue weighted by atomic mass is 35.5. The number of nitrogens with two attached hydrogens (primary N) is 3. The van der Waals surface area contributed by atoms with Gasteiger partial charge < -0.3 is 123 Å². The van der Waals surface area contributed by atoms with Gasteiger partial charge in [-0.3, -0.25) is 43.3 Å². The van der Waals surface area contributed by atoms with Crippen molar-refractivity contribution in [3.05, 3.63) is 133 Å². The van der Waals surface area contributed by atoms with Crippen LogP contribution >= 0.6 is 35.0 Å². The lowest BCUT2D eigenvalue weighted by atomic mass is 9.86. The van der Waals surface area contributed by atoms with Gasteiger partial charge in [-0.1, -0.05) is 67.0 Å². The van der Waals surface area contributed by atoms with Gasteiger partial charge in [0.25, 0.3) is 5.56 Å². The van der Waals surface area contributed by atoms with Crippen LogP contribution in [0.25, 0.3) is 11.1 Å². The maximum Gasteiger partial charge on any atom is 0.330 e. The number of aliphatic carboxylic acids is 1. The number of carbonyl (C=O) groups excluding carboxylic acids is 7. The third-order valence-electron chi connectivity index (χ3n) is 18.9. The number of aliphatic hydroxyl groups is 5. The number of thioether (sulfide) groups is 1. The quantitative estimate of drug-likeness (QED) is 0.0423. The molecule has 0 saturated carbocycles. The van der Waals surface area contributed by atoms with Gasteiger partial charge in [0.2, 0.25) is 53.4 Å². The number of amides is 7. The normalized spacial score (nSPS) is 25.8. The lowest BCUT2D eigenvalue weighted by Crippen LogP contribution is -2.64. The zero-order chi connectivity index (χ0) is 80.4. The second-order valence-corrected chi connectivity index (χ2v) is 29.4. The monoisotopic (exact) mass is 1590 g/mol. The third kappa shape index (κ3) is 18.4. The molecule has 2 saturated heterocycles. The number of phenolic OH excluding ortho intramolecular Hbond substituents is 3. The van der Waals surface area contributed by atoms with E-state index in [4.69, 9.17) is 68.8 Å². The molecular formula is C71H82Cl2N12O24S. The molecule has 590 valence electrons. The zero-order valence-electron chi connectivity index (χ0n) is 59.7. The smallest absolute Gasteiger partial charge is 0.330 e. The van der Waals surface area contributed by atoms with Crippen molar-refractivity contribution in [2.24, 2.45) is 23.1 Å². The summed E-state index contributed by atoms with van der Waals surface area (Å²) < 4.78 is 39.3. The first-order chi connectivity index (χ1) is 51.8.